The van der Waals surface area contributed by atoms with Crippen LogP contribution >= 0.6 is 0 Å². The summed E-state index contributed by atoms with van der Waals surface area (Å²) in [5.41, 5.74) is 4.82. The summed E-state index contributed by atoms with van der Waals surface area (Å²) in [6.45, 7) is 0. The molecule has 1 fully saturated rings. The number of sulfonamides is 1. The SMILES string of the molecule is CONC(=O)c1ccc(Nc2ccc(C#N)cn2)nc1Nc1ccc(C2CC2)cc1N(C)S(C)(=O)=O. The Morgan fingerprint density at radius 1 is 1.14 bits per heavy atom. The van der Waals surface area contributed by atoms with Gasteiger partial charge in [-0.25, -0.2) is 23.9 Å². The van der Waals surface area contributed by atoms with Gasteiger partial charge in [-0.2, -0.15) is 5.26 Å². The lowest BCUT2D eigenvalue weighted by atomic mass is 10.1. The topological polar surface area (TPSA) is 149 Å². The molecule has 0 unspecified atom stereocenters. The number of anilines is 5. The molecule has 1 aromatic carbocycles. The van der Waals surface area contributed by atoms with Crippen LogP contribution in [-0.2, 0) is 14.9 Å². The maximum absolute atomic E-state index is 12.6. The van der Waals surface area contributed by atoms with Gasteiger partial charge in [0.25, 0.3) is 5.91 Å². The fourth-order valence-electron chi connectivity index (χ4n) is 3.51. The zero-order valence-electron chi connectivity index (χ0n) is 19.9. The van der Waals surface area contributed by atoms with Gasteiger partial charge in [-0.05, 0) is 60.7 Å². The average Bonchev–Trinajstić information content (AvgIpc) is 3.70. The largest absolute Gasteiger partial charge is 0.338 e. The summed E-state index contributed by atoms with van der Waals surface area (Å²) in [7, 11) is -0.753. The van der Waals surface area contributed by atoms with Crippen LogP contribution in [0.1, 0.15) is 40.2 Å². The van der Waals surface area contributed by atoms with Gasteiger partial charge in [0.1, 0.15) is 23.5 Å². The molecular formula is C24H25N7O4S. The van der Waals surface area contributed by atoms with E-state index in [4.69, 9.17) is 10.1 Å². The van der Waals surface area contributed by atoms with Gasteiger partial charge in [0.2, 0.25) is 10.0 Å². The van der Waals surface area contributed by atoms with Gasteiger partial charge in [-0.15, -0.1) is 0 Å². The van der Waals surface area contributed by atoms with Gasteiger partial charge in [0.15, 0.2) is 0 Å². The van der Waals surface area contributed by atoms with Crippen molar-refractivity contribution in [2.24, 2.45) is 0 Å². The van der Waals surface area contributed by atoms with Gasteiger partial charge >= 0.3 is 0 Å². The van der Waals surface area contributed by atoms with Crippen LogP contribution in [0.2, 0.25) is 0 Å². The first-order valence-corrected chi connectivity index (χ1v) is 12.9. The second kappa shape index (κ2) is 10.2. The highest BCUT2D eigenvalue weighted by molar-refractivity contribution is 7.92. The molecule has 0 atom stereocenters. The molecule has 1 saturated carbocycles. The Morgan fingerprint density at radius 2 is 1.89 bits per heavy atom. The number of hydrogen-bond donors (Lipinski definition) is 3. The van der Waals surface area contributed by atoms with Gasteiger partial charge in [0.05, 0.1) is 35.9 Å². The van der Waals surface area contributed by atoms with Crippen LogP contribution in [0, 0.1) is 11.3 Å². The van der Waals surface area contributed by atoms with E-state index in [0.717, 1.165) is 24.7 Å². The molecule has 0 bridgehead atoms. The zero-order valence-corrected chi connectivity index (χ0v) is 20.8. The minimum absolute atomic E-state index is 0.172. The quantitative estimate of drug-likeness (QED) is 0.370. The molecular weight excluding hydrogens is 482 g/mol. The summed E-state index contributed by atoms with van der Waals surface area (Å²) in [5, 5.41) is 15.1. The fourth-order valence-corrected chi connectivity index (χ4v) is 4.02. The van der Waals surface area contributed by atoms with Gasteiger partial charge in [-0.1, -0.05) is 6.07 Å². The summed E-state index contributed by atoms with van der Waals surface area (Å²) >= 11 is 0. The summed E-state index contributed by atoms with van der Waals surface area (Å²) in [5.74, 6) is 0.872. The third-order valence-electron chi connectivity index (χ3n) is 5.64. The standard InChI is InChI=1S/C24H25N7O4S/c1-31(36(3,33)34)20-12-17(16-5-6-16)7-9-19(20)27-23-18(24(32)30-35-2)8-11-22(29-23)28-21-10-4-15(13-25)14-26-21/h4,7-12,14,16H,5-6H2,1-3H3,(H,30,32)(H2,26,27,28,29). The Hall–Kier alpha value is -4.21. The molecule has 186 valence electrons. The molecule has 12 heteroatoms. The number of pyridine rings is 2. The van der Waals surface area contributed by atoms with Gasteiger partial charge in [0, 0.05) is 13.2 Å². The number of carbonyl (C=O) groups excluding carboxylic acids is 1. The Kier molecular flexibility index (Phi) is 7.05. The molecule has 3 N–H and O–H groups in total. The van der Waals surface area contributed by atoms with Crippen molar-refractivity contribution in [3.05, 3.63) is 65.4 Å². The van der Waals surface area contributed by atoms with Crippen molar-refractivity contribution in [3.63, 3.8) is 0 Å². The first-order chi connectivity index (χ1) is 17.2. The van der Waals surface area contributed by atoms with E-state index in [1.54, 1.807) is 30.3 Å². The smallest absolute Gasteiger partial charge is 0.278 e. The number of benzene rings is 1. The highest BCUT2D eigenvalue weighted by Gasteiger charge is 2.26. The molecule has 1 aliphatic rings. The van der Waals surface area contributed by atoms with Gasteiger partial charge < -0.3 is 10.6 Å². The van der Waals surface area contributed by atoms with Crippen molar-refractivity contribution >= 4 is 44.8 Å². The van der Waals surface area contributed by atoms with E-state index < -0.39 is 15.9 Å². The number of rotatable bonds is 9. The van der Waals surface area contributed by atoms with Crippen molar-refractivity contribution < 1.29 is 18.0 Å². The van der Waals surface area contributed by atoms with E-state index >= 15 is 0 Å². The van der Waals surface area contributed by atoms with Crippen LogP contribution in [0.5, 0.6) is 0 Å². The Labute approximate surface area is 209 Å². The lowest BCUT2D eigenvalue weighted by molar-refractivity contribution is 0.0538. The molecule has 0 radical (unpaired) electrons. The van der Waals surface area contributed by atoms with Crippen LogP contribution in [0.3, 0.4) is 0 Å². The molecule has 1 aliphatic carbocycles. The maximum Gasteiger partial charge on any atom is 0.278 e. The lowest BCUT2D eigenvalue weighted by Gasteiger charge is -2.22. The Balaban J connectivity index is 1.73. The molecule has 3 aromatic rings. The Morgan fingerprint density at radius 3 is 2.50 bits per heavy atom. The van der Waals surface area contributed by atoms with Crippen LogP contribution in [-0.4, -0.2) is 44.7 Å². The zero-order chi connectivity index (χ0) is 25.9. The number of amides is 1. The number of hydroxylamine groups is 1. The van der Waals surface area contributed by atoms with Crippen molar-refractivity contribution in [2.45, 2.75) is 18.8 Å². The van der Waals surface area contributed by atoms with Crippen LogP contribution < -0.4 is 20.4 Å². The number of carbonyl (C=O) groups is 1. The van der Waals surface area contributed by atoms with E-state index in [9.17, 15) is 13.2 Å². The molecule has 1 amide bonds. The van der Waals surface area contributed by atoms with Gasteiger partial charge in [-0.3, -0.25) is 13.9 Å². The lowest BCUT2D eigenvalue weighted by Crippen LogP contribution is -2.26. The minimum atomic E-state index is -3.55. The number of nitrogens with one attached hydrogen (secondary N) is 3. The first-order valence-electron chi connectivity index (χ1n) is 11.0. The van der Waals surface area contributed by atoms with E-state index in [2.05, 4.69) is 26.1 Å². The Bertz CT molecular complexity index is 1430. The van der Waals surface area contributed by atoms with Crippen molar-refractivity contribution in [3.8, 4) is 6.07 Å². The summed E-state index contributed by atoms with van der Waals surface area (Å²) in [6.07, 6.45) is 4.69. The van der Waals surface area contributed by atoms with Crippen molar-refractivity contribution in [1.29, 1.82) is 5.26 Å². The second-order valence-corrected chi connectivity index (χ2v) is 10.3. The first kappa shape index (κ1) is 24.9. The highest BCUT2D eigenvalue weighted by atomic mass is 32.2. The van der Waals surface area contributed by atoms with Crippen molar-refractivity contribution in [2.75, 3.05) is 35.4 Å². The molecule has 2 heterocycles. The monoisotopic (exact) mass is 507 g/mol. The molecule has 0 saturated heterocycles. The van der Waals surface area contributed by atoms with E-state index in [1.807, 2.05) is 18.2 Å². The number of nitrogens with zero attached hydrogens (tertiary/aromatic N) is 4. The molecule has 4 rings (SSSR count). The average molecular weight is 508 g/mol. The molecule has 0 spiro atoms. The second-order valence-electron chi connectivity index (χ2n) is 8.30. The molecule has 36 heavy (non-hydrogen) atoms. The molecule has 0 aliphatic heterocycles. The van der Waals surface area contributed by atoms with E-state index in [1.165, 1.54) is 24.7 Å². The summed E-state index contributed by atoms with van der Waals surface area (Å²) < 4.78 is 25.9. The normalized spacial score (nSPS) is 12.9. The fraction of sp³-hybridized carbons (Fsp3) is 0.250. The predicted octanol–water partition coefficient (Wildman–Crippen LogP) is 3.40. The third kappa shape index (κ3) is 5.70. The van der Waals surface area contributed by atoms with Crippen LogP contribution in [0.25, 0.3) is 0 Å². The number of hydrogen-bond acceptors (Lipinski definition) is 9. The van der Waals surface area contributed by atoms with E-state index in [0.29, 0.717) is 34.5 Å². The van der Waals surface area contributed by atoms with E-state index in [-0.39, 0.29) is 11.4 Å². The minimum Gasteiger partial charge on any atom is -0.338 e. The molecule has 2 aromatic heterocycles. The van der Waals surface area contributed by atoms with Crippen LogP contribution in [0.4, 0.5) is 28.8 Å². The highest BCUT2D eigenvalue weighted by Crippen LogP contribution is 2.43. The van der Waals surface area contributed by atoms with Crippen molar-refractivity contribution in [1.82, 2.24) is 15.4 Å². The summed E-state index contributed by atoms with van der Waals surface area (Å²) in [6, 6.07) is 14.0. The maximum atomic E-state index is 12.6. The predicted molar refractivity (Wildman–Crippen MR) is 136 cm³/mol. The number of nitriles is 1. The third-order valence-corrected chi connectivity index (χ3v) is 6.84. The number of aromatic nitrogens is 2. The summed E-state index contributed by atoms with van der Waals surface area (Å²) in [4.78, 5) is 26.1. The molecule has 11 nitrogen and oxygen atoms in total. The van der Waals surface area contributed by atoms with Crippen LogP contribution in [0.15, 0.2) is 48.7 Å².